The molecule has 1 saturated carbocycles. The van der Waals surface area contributed by atoms with E-state index in [9.17, 15) is 13.6 Å². The van der Waals surface area contributed by atoms with E-state index in [0.717, 1.165) is 25.3 Å². The lowest BCUT2D eigenvalue weighted by Gasteiger charge is -2.33. The van der Waals surface area contributed by atoms with Gasteiger partial charge in [0.1, 0.15) is 0 Å². The number of hydrogen-bond acceptors (Lipinski definition) is 4. The number of carbonyl (C=O) groups excluding carboxylic acids is 1. The number of alkyl halides is 2. The van der Waals surface area contributed by atoms with Gasteiger partial charge in [-0.05, 0) is 12.8 Å². The van der Waals surface area contributed by atoms with Gasteiger partial charge in [0, 0.05) is 5.92 Å². The summed E-state index contributed by atoms with van der Waals surface area (Å²) in [5.41, 5.74) is 0. The molecule has 0 aromatic carbocycles. The first-order valence-electron chi connectivity index (χ1n) is 5.23. The van der Waals surface area contributed by atoms with Gasteiger partial charge in [0.2, 0.25) is 0 Å². The maximum atomic E-state index is 14.3. The van der Waals surface area contributed by atoms with Crippen molar-refractivity contribution in [3.05, 3.63) is 0 Å². The van der Waals surface area contributed by atoms with Crippen molar-refractivity contribution in [3.63, 3.8) is 0 Å². The van der Waals surface area contributed by atoms with Crippen LogP contribution < -0.4 is 0 Å². The Morgan fingerprint density at radius 3 is 2.44 bits per heavy atom. The van der Waals surface area contributed by atoms with Crippen LogP contribution in [0.4, 0.5) is 13.6 Å². The third-order valence-corrected chi connectivity index (χ3v) is 3.17. The lowest BCUT2D eigenvalue weighted by molar-refractivity contribution is -0.217. The highest BCUT2D eigenvalue weighted by atomic mass is 19.2. The van der Waals surface area contributed by atoms with Gasteiger partial charge in [-0.15, -0.1) is 0 Å². The number of carbonyl (C=O) groups is 1. The highest BCUT2D eigenvalue weighted by Crippen LogP contribution is 2.49. The summed E-state index contributed by atoms with van der Waals surface area (Å²) < 4.78 is 36.4. The van der Waals surface area contributed by atoms with E-state index in [1.807, 2.05) is 0 Å². The van der Waals surface area contributed by atoms with Crippen molar-refractivity contribution in [2.45, 2.75) is 43.8 Å². The van der Waals surface area contributed by atoms with Crippen molar-refractivity contribution in [2.75, 3.05) is 0 Å². The van der Waals surface area contributed by atoms with Crippen LogP contribution in [0.15, 0.2) is 0 Å². The number of hydrogen-bond donors (Lipinski definition) is 0. The van der Waals surface area contributed by atoms with Crippen LogP contribution in [-0.4, -0.2) is 17.9 Å². The van der Waals surface area contributed by atoms with E-state index in [4.69, 9.17) is 5.26 Å². The minimum absolute atomic E-state index is 0.389. The van der Waals surface area contributed by atoms with Crippen molar-refractivity contribution in [1.29, 1.82) is 5.26 Å². The summed E-state index contributed by atoms with van der Waals surface area (Å²) in [6.45, 7) is 0. The number of halogens is 2. The summed E-state index contributed by atoms with van der Waals surface area (Å²) in [4.78, 5) is 10.8. The van der Waals surface area contributed by atoms with Crippen molar-refractivity contribution in [3.8, 4) is 6.07 Å². The quantitative estimate of drug-likeness (QED) is 0.651. The molecule has 2 aliphatic rings. The summed E-state index contributed by atoms with van der Waals surface area (Å²) in [5.74, 6) is -7.08. The smallest absolute Gasteiger partial charge is 0.388 e. The molecule has 2 rings (SSSR count). The Labute approximate surface area is 91.1 Å². The van der Waals surface area contributed by atoms with Gasteiger partial charge < -0.3 is 9.47 Å². The Kier molecular flexibility index (Phi) is 2.49. The summed E-state index contributed by atoms with van der Waals surface area (Å²) >= 11 is 0. The summed E-state index contributed by atoms with van der Waals surface area (Å²) in [7, 11) is 0. The fourth-order valence-corrected chi connectivity index (χ4v) is 2.31. The first-order chi connectivity index (χ1) is 7.52. The summed E-state index contributed by atoms with van der Waals surface area (Å²) in [5, 5.41) is 8.59. The topological polar surface area (TPSA) is 59.3 Å². The number of rotatable bonds is 1. The highest BCUT2D eigenvalue weighted by molar-refractivity contribution is 5.64. The van der Waals surface area contributed by atoms with Crippen molar-refractivity contribution < 1.29 is 23.0 Å². The van der Waals surface area contributed by atoms with Crippen LogP contribution >= 0.6 is 0 Å². The molecule has 0 N–H and O–H groups in total. The number of nitriles is 1. The van der Waals surface area contributed by atoms with E-state index < -0.39 is 23.8 Å². The molecule has 0 amide bonds. The maximum absolute atomic E-state index is 14.3. The van der Waals surface area contributed by atoms with Crippen molar-refractivity contribution in [2.24, 2.45) is 5.92 Å². The van der Waals surface area contributed by atoms with E-state index in [1.54, 1.807) is 0 Å². The zero-order valence-electron chi connectivity index (χ0n) is 8.54. The SMILES string of the molecule is N#CC1(F)OC(=O)OC1(F)C1CCCCC1. The molecule has 2 unspecified atom stereocenters. The number of nitrogens with zero attached hydrogens (tertiary/aromatic N) is 1. The molecular weight excluding hydrogens is 220 g/mol. The Hall–Kier alpha value is -1.38. The summed E-state index contributed by atoms with van der Waals surface area (Å²) in [6.07, 6.45) is 1.72. The Balaban J connectivity index is 2.28. The van der Waals surface area contributed by atoms with Crippen LogP contribution in [0.3, 0.4) is 0 Å². The molecule has 6 heteroatoms. The van der Waals surface area contributed by atoms with Crippen LogP contribution in [0.5, 0.6) is 0 Å². The average molecular weight is 231 g/mol. The van der Waals surface area contributed by atoms with Gasteiger partial charge in [-0.1, -0.05) is 19.3 Å². The van der Waals surface area contributed by atoms with Crippen LogP contribution in [0.1, 0.15) is 32.1 Å². The molecule has 1 aliphatic carbocycles. The molecule has 1 aliphatic heterocycles. The van der Waals surface area contributed by atoms with Crippen LogP contribution in [-0.2, 0) is 9.47 Å². The van der Waals surface area contributed by atoms with E-state index in [2.05, 4.69) is 9.47 Å². The molecule has 2 atom stereocenters. The zero-order chi connectivity index (χ0) is 11.8. The van der Waals surface area contributed by atoms with E-state index >= 15 is 0 Å². The Morgan fingerprint density at radius 1 is 1.25 bits per heavy atom. The fourth-order valence-electron chi connectivity index (χ4n) is 2.31. The number of cyclic esters (lactones) is 2. The molecular formula is C10H11F2NO3. The van der Waals surface area contributed by atoms with Gasteiger partial charge in [0.05, 0.1) is 0 Å². The molecule has 88 valence electrons. The van der Waals surface area contributed by atoms with Gasteiger partial charge in [-0.25, -0.2) is 4.79 Å². The molecule has 4 nitrogen and oxygen atoms in total. The lowest BCUT2D eigenvalue weighted by Crippen LogP contribution is -2.50. The minimum Gasteiger partial charge on any atom is -0.388 e. The third kappa shape index (κ3) is 1.42. The molecule has 0 aromatic rings. The predicted octanol–water partition coefficient (Wildman–Crippen LogP) is 2.59. The molecule has 2 fully saturated rings. The van der Waals surface area contributed by atoms with Crippen LogP contribution in [0.25, 0.3) is 0 Å². The highest BCUT2D eigenvalue weighted by Gasteiger charge is 2.70. The monoisotopic (exact) mass is 231 g/mol. The molecule has 0 radical (unpaired) electrons. The molecule has 0 aromatic heterocycles. The van der Waals surface area contributed by atoms with Crippen LogP contribution in [0, 0.1) is 17.2 Å². The van der Waals surface area contributed by atoms with Gasteiger partial charge in [-0.3, -0.25) is 0 Å². The zero-order valence-corrected chi connectivity index (χ0v) is 8.54. The first kappa shape index (κ1) is 11.1. The normalized spacial score (nSPS) is 39.9. The van der Waals surface area contributed by atoms with Crippen molar-refractivity contribution in [1.82, 2.24) is 0 Å². The lowest BCUT2D eigenvalue weighted by atomic mass is 9.81. The van der Waals surface area contributed by atoms with E-state index in [1.165, 1.54) is 0 Å². The Bertz CT molecular complexity index is 350. The molecule has 1 heterocycles. The second kappa shape index (κ2) is 3.58. The first-order valence-corrected chi connectivity index (χ1v) is 5.23. The van der Waals surface area contributed by atoms with Gasteiger partial charge in [0.25, 0.3) is 0 Å². The fraction of sp³-hybridized carbons (Fsp3) is 0.800. The second-order valence-electron chi connectivity index (χ2n) is 4.14. The predicted molar refractivity (Wildman–Crippen MR) is 47.4 cm³/mol. The summed E-state index contributed by atoms with van der Waals surface area (Å²) in [6, 6.07) is 1.05. The molecule has 1 saturated heterocycles. The molecule has 16 heavy (non-hydrogen) atoms. The minimum atomic E-state index is -3.31. The largest absolute Gasteiger partial charge is 0.515 e. The molecule has 0 spiro atoms. The van der Waals surface area contributed by atoms with Crippen molar-refractivity contribution >= 4 is 6.16 Å². The number of ether oxygens (including phenoxy) is 2. The molecule has 0 bridgehead atoms. The average Bonchev–Trinajstić information content (AvgIpc) is 2.52. The van der Waals surface area contributed by atoms with E-state index in [-0.39, 0.29) is 0 Å². The van der Waals surface area contributed by atoms with Crippen LogP contribution in [0.2, 0.25) is 0 Å². The van der Waals surface area contributed by atoms with Gasteiger partial charge in [0.15, 0.2) is 6.07 Å². The Morgan fingerprint density at radius 2 is 1.88 bits per heavy atom. The maximum Gasteiger partial charge on any atom is 0.515 e. The van der Waals surface area contributed by atoms with Gasteiger partial charge >= 0.3 is 17.9 Å². The standard InChI is InChI=1S/C10H11F2NO3/c11-9(6-13)10(12,16-8(14)15-9)7-4-2-1-3-5-7/h7H,1-5H2. The van der Waals surface area contributed by atoms with Gasteiger partial charge in [-0.2, -0.15) is 14.0 Å². The van der Waals surface area contributed by atoms with E-state index in [0.29, 0.717) is 12.8 Å². The second-order valence-corrected chi connectivity index (χ2v) is 4.14. The third-order valence-electron chi connectivity index (χ3n) is 3.17.